The molecule has 1 N–H and O–H groups in total. The maximum atomic E-state index is 11.7. The Labute approximate surface area is 121 Å². The quantitative estimate of drug-likeness (QED) is 0.494. The van der Waals surface area contributed by atoms with Gasteiger partial charge in [0.25, 0.3) is 0 Å². The molecule has 0 aromatic heterocycles. The van der Waals surface area contributed by atoms with E-state index in [1.54, 1.807) is 0 Å². The molecular weight excluding hydrogens is 300 g/mol. The van der Waals surface area contributed by atoms with E-state index in [1.165, 1.54) is 13.8 Å². The fourth-order valence-electron chi connectivity index (χ4n) is 2.03. The zero-order valence-electron chi connectivity index (χ0n) is 10.3. The van der Waals surface area contributed by atoms with Gasteiger partial charge in [0.05, 0.1) is 30.6 Å². The number of allylic oxidation sites excluding steroid dienone is 1. The Bertz CT molecular complexity index is 342. The predicted octanol–water partition coefficient (Wildman–Crippen LogP) is 2.48. The second kappa shape index (κ2) is 6.44. The lowest BCUT2D eigenvalue weighted by Crippen LogP contribution is -2.51. The molecule has 0 radical (unpaired) electrons. The van der Waals surface area contributed by atoms with Gasteiger partial charge in [-0.25, -0.2) is 0 Å². The molecule has 0 aromatic carbocycles. The van der Waals surface area contributed by atoms with Gasteiger partial charge in [0.15, 0.2) is 5.78 Å². The van der Waals surface area contributed by atoms with Gasteiger partial charge >= 0.3 is 0 Å². The summed E-state index contributed by atoms with van der Waals surface area (Å²) in [6, 6.07) is -0.770. The molecule has 1 fully saturated rings. The van der Waals surface area contributed by atoms with Gasteiger partial charge in [-0.3, -0.25) is 9.69 Å². The first-order chi connectivity index (χ1) is 8.25. The lowest BCUT2D eigenvalue weighted by molar-refractivity contribution is -0.114. The molecule has 1 aliphatic rings. The van der Waals surface area contributed by atoms with Crippen LogP contribution in [0.25, 0.3) is 0 Å². The van der Waals surface area contributed by atoms with Gasteiger partial charge in [-0.05, 0) is 13.8 Å². The Hall–Kier alpha value is -0.000000000000000111. The average Bonchev–Trinajstić information content (AvgIpc) is 2.24. The molecule has 104 valence electrons. The van der Waals surface area contributed by atoms with E-state index in [2.05, 4.69) is 0 Å². The summed E-state index contributed by atoms with van der Waals surface area (Å²) in [5.41, 5.74) is 0.136. The highest BCUT2D eigenvalue weighted by molar-refractivity contribution is 6.68. The molecule has 0 unspecified atom stereocenters. The topological polar surface area (TPSA) is 49.8 Å². The van der Waals surface area contributed by atoms with Gasteiger partial charge in [-0.2, -0.15) is 0 Å². The van der Waals surface area contributed by atoms with Crippen molar-refractivity contribution in [2.75, 3.05) is 26.3 Å². The average molecular weight is 317 g/mol. The van der Waals surface area contributed by atoms with Crippen molar-refractivity contribution in [1.29, 1.82) is 0 Å². The minimum atomic E-state index is -1.69. The van der Waals surface area contributed by atoms with Crippen LogP contribution in [0, 0.1) is 0 Å². The number of halogens is 3. The Morgan fingerprint density at radius 3 is 2.11 bits per heavy atom. The molecule has 1 rings (SSSR count). The van der Waals surface area contributed by atoms with Gasteiger partial charge in [0.2, 0.25) is 3.79 Å². The fraction of sp³-hybridized carbons (Fsp3) is 0.727. The zero-order valence-corrected chi connectivity index (χ0v) is 12.5. The first kappa shape index (κ1) is 16.1. The van der Waals surface area contributed by atoms with Crippen LogP contribution in [0.4, 0.5) is 0 Å². The van der Waals surface area contributed by atoms with Gasteiger partial charge in [-0.1, -0.05) is 34.8 Å². The van der Waals surface area contributed by atoms with Crippen molar-refractivity contribution < 1.29 is 14.6 Å². The molecule has 1 saturated heterocycles. The molecular formula is C11H16Cl3NO3. The minimum Gasteiger partial charge on any atom is -0.512 e. The summed E-state index contributed by atoms with van der Waals surface area (Å²) < 4.78 is 3.54. The molecule has 0 amide bonds. The maximum absolute atomic E-state index is 11.7. The van der Waals surface area contributed by atoms with E-state index in [0.29, 0.717) is 26.3 Å². The van der Waals surface area contributed by atoms with Crippen molar-refractivity contribution in [1.82, 2.24) is 4.90 Å². The first-order valence-electron chi connectivity index (χ1n) is 5.54. The number of alkyl halides is 3. The van der Waals surface area contributed by atoms with E-state index in [4.69, 9.17) is 39.5 Å². The van der Waals surface area contributed by atoms with Gasteiger partial charge in [0, 0.05) is 13.1 Å². The molecule has 18 heavy (non-hydrogen) atoms. The highest BCUT2D eigenvalue weighted by atomic mass is 35.6. The molecule has 1 aliphatic heterocycles. The summed E-state index contributed by atoms with van der Waals surface area (Å²) in [5.74, 6) is -0.428. The van der Waals surface area contributed by atoms with Gasteiger partial charge in [0.1, 0.15) is 0 Å². The summed E-state index contributed by atoms with van der Waals surface area (Å²) in [6.07, 6.45) is 0. The number of aliphatic hydroxyl groups is 1. The van der Waals surface area contributed by atoms with Crippen molar-refractivity contribution >= 4 is 40.6 Å². The molecule has 1 atom stereocenters. The molecule has 7 heteroatoms. The lowest BCUT2D eigenvalue weighted by atomic mass is 10.0. The van der Waals surface area contributed by atoms with E-state index in [0.717, 1.165) is 0 Å². The van der Waals surface area contributed by atoms with Crippen molar-refractivity contribution in [2.45, 2.75) is 23.7 Å². The maximum Gasteiger partial charge on any atom is 0.210 e. The Morgan fingerprint density at radius 2 is 1.78 bits per heavy atom. The third-order valence-corrected chi connectivity index (χ3v) is 3.38. The monoisotopic (exact) mass is 315 g/mol. The zero-order chi connectivity index (χ0) is 13.9. The Morgan fingerprint density at radius 1 is 1.28 bits per heavy atom. The van der Waals surface area contributed by atoms with Crippen LogP contribution < -0.4 is 0 Å². The van der Waals surface area contributed by atoms with Crippen LogP contribution in [-0.4, -0.2) is 51.9 Å². The smallest absolute Gasteiger partial charge is 0.210 e. The SMILES string of the molecule is CC(=O)/C(=C(\C)O)[C@H](N1CCOCC1)C(Cl)(Cl)Cl. The molecule has 0 spiro atoms. The third-order valence-electron chi connectivity index (χ3n) is 2.76. The van der Waals surface area contributed by atoms with Crippen LogP contribution in [0.3, 0.4) is 0 Å². The molecule has 0 aromatic rings. The minimum absolute atomic E-state index is 0.120. The summed E-state index contributed by atoms with van der Waals surface area (Å²) in [4.78, 5) is 13.5. The second-order valence-corrected chi connectivity index (χ2v) is 6.52. The number of hydrogen-bond acceptors (Lipinski definition) is 4. The number of nitrogens with zero attached hydrogens (tertiary/aromatic N) is 1. The summed E-state index contributed by atoms with van der Waals surface area (Å²) in [6.45, 7) is 4.87. The Balaban J connectivity index is 3.12. The van der Waals surface area contributed by atoms with Gasteiger partial charge in [-0.15, -0.1) is 0 Å². The van der Waals surface area contributed by atoms with E-state index in [1.807, 2.05) is 4.90 Å². The van der Waals surface area contributed by atoms with Crippen molar-refractivity contribution in [3.05, 3.63) is 11.3 Å². The summed E-state index contributed by atoms with van der Waals surface area (Å²) >= 11 is 17.9. The van der Waals surface area contributed by atoms with Crippen LogP contribution in [0.5, 0.6) is 0 Å². The number of Topliss-reactive ketones (excluding diaryl/α,β-unsaturated/α-hetero) is 1. The van der Waals surface area contributed by atoms with Crippen LogP contribution in [-0.2, 0) is 9.53 Å². The van der Waals surface area contributed by atoms with Crippen molar-refractivity contribution in [2.24, 2.45) is 0 Å². The number of carbonyl (C=O) groups is 1. The van der Waals surface area contributed by atoms with Crippen molar-refractivity contribution in [3.63, 3.8) is 0 Å². The summed E-state index contributed by atoms with van der Waals surface area (Å²) in [7, 11) is 0. The van der Waals surface area contributed by atoms with Crippen molar-refractivity contribution in [3.8, 4) is 0 Å². The third kappa shape index (κ3) is 4.00. The number of carbonyl (C=O) groups excluding carboxylic acids is 1. The fourth-order valence-corrected chi connectivity index (χ4v) is 2.78. The lowest BCUT2D eigenvalue weighted by Gasteiger charge is -2.38. The Kier molecular flexibility index (Phi) is 5.74. The molecule has 0 aliphatic carbocycles. The molecule has 1 heterocycles. The number of hydrogen-bond donors (Lipinski definition) is 1. The second-order valence-electron chi connectivity index (χ2n) is 4.15. The normalized spacial score (nSPS) is 21.4. The molecule has 0 saturated carbocycles. The number of ketones is 1. The highest BCUT2D eigenvalue weighted by Gasteiger charge is 2.42. The summed E-state index contributed by atoms with van der Waals surface area (Å²) in [5, 5.41) is 9.67. The first-order valence-corrected chi connectivity index (χ1v) is 6.67. The van der Waals surface area contributed by atoms with Gasteiger partial charge < -0.3 is 9.84 Å². The van der Waals surface area contributed by atoms with Crippen LogP contribution in [0.1, 0.15) is 13.8 Å². The number of morpholine rings is 1. The molecule has 0 bridgehead atoms. The molecule has 4 nitrogen and oxygen atoms in total. The number of rotatable bonds is 3. The number of ether oxygens (including phenoxy) is 1. The van der Waals surface area contributed by atoms with E-state index >= 15 is 0 Å². The van der Waals surface area contributed by atoms with E-state index in [-0.39, 0.29) is 17.1 Å². The van der Waals surface area contributed by atoms with E-state index < -0.39 is 9.83 Å². The largest absolute Gasteiger partial charge is 0.512 e. The van der Waals surface area contributed by atoms with Crippen LogP contribution >= 0.6 is 34.8 Å². The standard InChI is InChI=1S/C11H16Cl3NO3/c1-7(16)9(8(2)17)10(11(12,13)14)15-3-5-18-6-4-15/h10,16H,3-6H2,1-2H3/b9-7-/t10-/m0/s1. The van der Waals surface area contributed by atoms with Crippen LogP contribution in [0.2, 0.25) is 0 Å². The predicted molar refractivity (Wildman–Crippen MR) is 72.5 cm³/mol. The number of aliphatic hydroxyl groups excluding tert-OH is 1. The van der Waals surface area contributed by atoms with E-state index in [9.17, 15) is 9.90 Å². The van der Waals surface area contributed by atoms with Crippen LogP contribution in [0.15, 0.2) is 11.3 Å². The highest BCUT2D eigenvalue weighted by Crippen LogP contribution is 2.38.